The molecule has 0 spiro atoms. The fourth-order valence-corrected chi connectivity index (χ4v) is 10.0. The van der Waals surface area contributed by atoms with Gasteiger partial charge in [-0.25, -0.2) is 0 Å². The van der Waals surface area contributed by atoms with Gasteiger partial charge < -0.3 is 20.3 Å². The second kappa shape index (κ2) is 60.9. The molecule has 1 amide bonds. The van der Waals surface area contributed by atoms with Gasteiger partial charge in [0.15, 0.2) is 0 Å². The Morgan fingerprint density at radius 2 is 0.662 bits per heavy atom. The maximum absolute atomic E-state index is 12.5. The second-order valence-corrected chi connectivity index (χ2v) is 22.1. The van der Waals surface area contributed by atoms with Crippen molar-refractivity contribution in [3.63, 3.8) is 0 Å². The zero-order chi connectivity index (χ0) is 51.4. The first-order chi connectivity index (χ1) is 35.0. The standard InChI is InChI=1S/C65H125NO5/c1-3-5-7-9-11-13-15-17-19-26-29-33-37-41-45-49-53-57-63(68)62(61-67)66-64(69)58-54-50-46-42-38-34-30-27-24-22-21-23-25-28-32-36-40-44-48-52-56-60-71-65(70)59-55-51-47-43-39-35-31-20-18-16-14-12-10-8-6-4-2/h22,24,53,57,62-63,67-68H,3-21,23,25-52,54-56,58-61H2,1-2H3,(H,66,69)/b24-22-,57-53+. The summed E-state index contributed by atoms with van der Waals surface area (Å²) in [5.74, 6) is -0.0618. The zero-order valence-electron chi connectivity index (χ0n) is 48.0. The number of ether oxygens (including phenoxy) is 1. The number of esters is 1. The molecule has 0 rings (SSSR count). The second-order valence-electron chi connectivity index (χ2n) is 22.1. The number of nitrogens with one attached hydrogen (secondary N) is 1. The van der Waals surface area contributed by atoms with Crippen LogP contribution in [0.1, 0.15) is 354 Å². The Balaban J connectivity index is 3.43. The molecule has 0 saturated carbocycles. The molecule has 0 fully saturated rings. The minimum Gasteiger partial charge on any atom is -0.466 e. The summed E-state index contributed by atoms with van der Waals surface area (Å²) in [6.45, 7) is 4.93. The van der Waals surface area contributed by atoms with Crippen LogP contribution in [0.2, 0.25) is 0 Å². The maximum Gasteiger partial charge on any atom is 0.305 e. The van der Waals surface area contributed by atoms with Crippen LogP contribution in [0.15, 0.2) is 24.3 Å². The highest BCUT2D eigenvalue weighted by Crippen LogP contribution is 2.18. The third kappa shape index (κ3) is 57.5. The van der Waals surface area contributed by atoms with Gasteiger partial charge in [-0.2, -0.15) is 0 Å². The molecule has 0 aliphatic carbocycles. The molecule has 6 nitrogen and oxygen atoms in total. The molecule has 0 saturated heterocycles. The highest BCUT2D eigenvalue weighted by Gasteiger charge is 2.18. The van der Waals surface area contributed by atoms with Gasteiger partial charge in [0.2, 0.25) is 5.91 Å². The smallest absolute Gasteiger partial charge is 0.305 e. The van der Waals surface area contributed by atoms with Crippen LogP contribution in [-0.2, 0) is 14.3 Å². The predicted octanol–water partition coefficient (Wildman–Crippen LogP) is 20.2. The van der Waals surface area contributed by atoms with Crippen molar-refractivity contribution in [2.75, 3.05) is 13.2 Å². The van der Waals surface area contributed by atoms with Gasteiger partial charge >= 0.3 is 5.97 Å². The number of carbonyl (C=O) groups is 2. The number of hydrogen-bond acceptors (Lipinski definition) is 5. The van der Waals surface area contributed by atoms with E-state index in [9.17, 15) is 19.8 Å². The normalized spacial score (nSPS) is 12.7. The lowest BCUT2D eigenvalue weighted by molar-refractivity contribution is -0.143. The van der Waals surface area contributed by atoms with Gasteiger partial charge in [-0.15, -0.1) is 0 Å². The van der Waals surface area contributed by atoms with E-state index in [0.717, 1.165) is 44.9 Å². The number of carbonyl (C=O) groups excluding carboxylic acids is 2. The van der Waals surface area contributed by atoms with Gasteiger partial charge in [-0.05, 0) is 57.8 Å². The van der Waals surface area contributed by atoms with Crippen LogP contribution in [0.5, 0.6) is 0 Å². The van der Waals surface area contributed by atoms with Crippen LogP contribution in [-0.4, -0.2) is 47.4 Å². The van der Waals surface area contributed by atoms with Crippen LogP contribution in [0.3, 0.4) is 0 Å². The minimum absolute atomic E-state index is 0.0115. The van der Waals surface area contributed by atoms with Crippen LogP contribution in [0, 0.1) is 0 Å². The Morgan fingerprint density at radius 3 is 1.00 bits per heavy atom. The Labute approximate surface area is 443 Å². The van der Waals surface area contributed by atoms with Crippen molar-refractivity contribution in [1.29, 1.82) is 0 Å². The van der Waals surface area contributed by atoms with E-state index >= 15 is 0 Å². The molecular formula is C65H125NO5. The van der Waals surface area contributed by atoms with E-state index in [0.29, 0.717) is 19.4 Å². The Hall–Kier alpha value is -1.66. The van der Waals surface area contributed by atoms with E-state index in [2.05, 4.69) is 31.3 Å². The van der Waals surface area contributed by atoms with E-state index in [-0.39, 0.29) is 18.5 Å². The first-order valence-electron chi connectivity index (χ1n) is 32.1. The highest BCUT2D eigenvalue weighted by atomic mass is 16.5. The summed E-state index contributed by atoms with van der Waals surface area (Å²) in [6.07, 6.45) is 75.1. The average Bonchev–Trinajstić information content (AvgIpc) is 3.37. The largest absolute Gasteiger partial charge is 0.466 e. The Morgan fingerprint density at radius 1 is 0.380 bits per heavy atom. The molecule has 0 aromatic rings. The van der Waals surface area contributed by atoms with Crippen molar-refractivity contribution in [2.24, 2.45) is 0 Å². The van der Waals surface area contributed by atoms with Gasteiger partial charge in [-0.3, -0.25) is 9.59 Å². The van der Waals surface area contributed by atoms with E-state index in [1.807, 2.05) is 6.08 Å². The zero-order valence-corrected chi connectivity index (χ0v) is 48.0. The van der Waals surface area contributed by atoms with Crippen LogP contribution in [0.25, 0.3) is 0 Å². The molecule has 420 valence electrons. The number of unbranched alkanes of at least 4 members (excludes halogenated alkanes) is 47. The highest BCUT2D eigenvalue weighted by molar-refractivity contribution is 5.76. The molecule has 0 aliphatic rings. The van der Waals surface area contributed by atoms with Crippen LogP contribution in [0.4, 0.5) is 0 Å². The van der Waals surface area contributed by atoms with Crippen LogP contribution < -0.4 is 5.32 Å². The topological polar surface area (TPSA) is 95.9 Å². The molecule has 71 heavy (non-hydrogen) atoms. The SMILES string of the molecule is CCCCCCCCCCCCCCCCC/C=C/C(O)C(CO)NC(=O)CCCCCCCCC/C=C\CCCCCCCCCCCCOC(=O)CCCCCCCCCCCCCCCCCC. The van der Waals surface area contributed by atoms with Crippen molar-refractivity contribution >= 4 is 11.9 Å². The van der Waals surface area contributed by atoms with E-state index in [1.165, 1.54) is 283 Å². The Bertz CT molecular complexity index is 1110. The summed E-state index contributed by atoms with van der Waals surface area (Å²) >= 11 is 0. The lowest BCUT2D eigenvalue weighted by Gasteiger charge is -2.20. The quantitative estimate of drug-likeness (QED) is 0.0320. The lowest BCUT2D eigenvalue weighted by Crippen LogP contribution is -2.45. The number of allylic oxidation sites excluding steroid dienone is 3. The minimum atomic E-state index is -0.849. The fourth-order valence-electron chi connectivity index (χ4n) is 10.0. The molecule has 0 heterocycles. The number of amides is 1. The van der Waals surface area contributed by atoms with E-state index in [1.54, 1.807) is 6.08 Å². The van der Waals surface area contributed by atoms with Crippen molar-refractivity contribution in [3.8, 4) is 0 Å². The van der Waals surface area contributed by atoms with Crippen molar-refractivity contribution in [1.82, 2.24) is 5.32 Å². The summed E-state index contributed by atoms with van der Waals surface area (Å²) < 4.78 is 5.49. The van der Waals surface area contributed by atoms with Crippen molar-refractivity contribution < 1.29 is 24.5 Å². The lowest BCUT2D eigenvalue weighted by atomic mass is 10.0. The molecule has 0 bridgehead atoms. The molecule has 6 heteroatoms. The molecule has 0 radical (unpaired) electrons. The monoisotopic (exact) mass is 1000 g/mol. The summed E-state index contributed by atoms with van der Waals surface area (Å²) in [4.78, 5) is 24.6. The third-order valence-electron chi connectivity index (χ3n) is 15.0. The van der Waals surface area contributed by atoms with Gasteiger partial charge in [0.1, 0.15) is 0 Å². The van der Waals surface area contributed by atoms with Crippen LogP contribution >= 0.6 is 0 Å². The maximum atomic E-state index is 12.5. The van der Waals surface area contributed by atoms with Gasteiger partial charge in [0, 0.05) is 12.8 Å². The first-order valence-corrected chi connectivity index (χ1v) is 32.1. The molecular weight excluding hydrogens is 875 g/mol. The first kappa shape index (κ1) is 69.3. The van der Waals surface area contributed by atoms with Crippen molar-refractivity contribution in [2.45, 2.75) is 366 Å². The number of aliphatic hydroxyl groups excluding tert-OH is 2. The van der Waals surface area contributed by atoms with Crippen molar-refractivity contribution in [3.05, 3.63) is 24.3 Å². The molecule has 0 aromatic heterocycles. The fraction of sp³-hybridized carbons (Fsp3) is 0.908. The molecule has 2 unspecified atom stereocenters. The average molecular weight is 1000 g/mol. The molecule has 2 atom stereocenters. The van der Waals surface area contributed by atoms with Gasteiger partial charge in [0.25, 0.3) is 0 Å². The van der Waals surface area contributed by atoms with E-state index < -0.39 is 12.1 Å². The van der Waals surface area contributed by atoms with Gasteiger partial charge in [-0.1, -0.05) is 308 Å². The summed E-state index contributed by atoms with van der Waals surface area (Å²) in [7, 11) is 0. The molecule has 0 aliphatic heterocycles. The molecule has 0 aromatic carbocycles. The number of aliphatic hydroxyl groups is 2. The summed E-state index contributed by atoms with van der Waals surface area (Å²) in [6, 6.07) is -0.633. The summed E-state index contributed by atoms with van der Waals surface area (Å²) in [5.41, 5.74) is 0. The Kier molecular flexibility index (Phi) is 59.5. The summed E-state index contributed by atoms with van der Waals surface area (Å²) in [5, 5.41) is 23.2. The van der Waals surface area contributed by atoms with Gasteiger partial charge in [0.05, 0.1) is 25.4 Å². The predicted molar refractivity (Wildman–Crippen MR) is 310 cm³/mol. The molecule has 3 N–H and O–H groups in total. The third-order valence-corrected chi connectivity index (χ3v) is 15.0. The van der Waals surface area contributed by atoms with E-state index in [4.69, 9.17) is 4.74 Å². The number of rotatable bonds is 60. The number of hydrogen-bond donors (Lipinski definition) is 3.